The van der Waals surface area contributed by atoms with E-state index in [-0.39, 0.29) is 5.56 Å². The Morgan fingerprint density at radius 3 is 2.68 bits per heavy atom. The number of hydrogen-bond donors (Lipinski definition) is 3. The third-order valence-electron chi connectivity index (χ3n) is 4.48. The number of hydrogen-bond acceptors (Lipinski definition) is 3. The topological polar surface area (TPSA) is 69.9 Å². The second-order valence-corrected chi connectivity index (χ2v) is 5.99. The molecule has 25 heavy (non-hydrogen) atoms. The SMILES string of the molecule is CNCc1c(-c2cccc(OC)c2)c2[nH]c3ccccc3c2[nH]c1=O. The van der Waals surface area contributed by atoms with Gasteiger partial charge in [0.25, 0.3) is 5.56 Å². The van der Waals surface area contributed by atoms with E-state index in [9.17, 15) is 4.79 Å². The highest BCUT2D eigenvalue weighted by molar-refractivity contribution is 6.10. The maximum atomic E-state index is 12.8. The van der Waals surface area contributed by atoms with Gasteiger partial charge in [-0.3, -0.25) is 4.79 Å². The van der Waals surface area contributed by atoms with Gasteiger partial charge in [-0.2, -0.15) is 0 Å². The predicted octanol–water partition coefficient (Wildman–Crippen LogP) is 3.40. The Labute approximate surface area is 144 Å². The van der Waals surface area contributed by atoms with Crippen molar-refractivity contribution < 1.29 is 4.74 Å². The van der Waals surface area contributed by atoms with Gasteiger partial charge in [-0.05, 0) is 30.8 Å². The van der Waals surface area contributed by atoms with Crippen molar-refractivity contribution in [2.45, 2.75) is 6.54 Å². The molecule has 0 aliphatic heterocycles. The van der Waals surface area contributed by atoms with E-state index in [1.807, 2.05) is 55.6 Å². The molecule has 3 N–H and O–H groups in total. The van der Waals surface area contributed by atoms with Crippen LogP contribution in [0.25, 0.3) is 33.1 Å². The minimum absolute atomic E-state index is 0.0792. The molecule has 0 atom stereocenters. The summed E-state index contributed by atoms with van der Waals surface area (Å²) in [7, 11) is 3.48. The summed E-state index contributed by atoms with van der Waals surface area (Å²) in [6, 6.07) is 15.8. The van der Waals surface area contributed by atoms with Crippen molar-refractivity contribution in [3.8, 4) is 16.9 Å². The third-order valence-corrected chi connectivity index (χ3v) is 4.48. The number of ether oxygens (including phenoxy) is 1. The van der Waals surface area contributed by atoms with Gasteiger partial charge >= 0.3 is 0 Å². The molecule has 5 heteroatoms. The minimum atomic E-state index is -0.0792. The maximum Gasteiger partial charge on any atom is 0.253 e. The monoisotopic (exact) mass is 333 g/mol. The summed E-state index contributed by atoms with van der Waals surface area (Å²) in [6.45, 7) is 0.479. The van der Waals surface area contributed by atoms with E-state index in [2.05, 4.69) is 15.3 Å². The zero-order chi connectivity index (χ0) is 17.4. The highest BCUT2D eigenvalue weighted by Crippen LogP contribution is 2.34. The molecule has 0 amide bonds. The summed E-state index contributed by atoms with van der Waals surface area (Å²) in [6.07, 6.45) is 0. The van der Waals surface area contributed by atoms with Crippen LogP contribution in [0.3, 0.4) is 0 Å². The Kier molecular flexibility index (Phi) is 3.78. The summed E-state index contributed by atoms with van der Waals surface area (Å²) in [5, 5.41) is 4.11. The molecule has 2 aromatic carbocycles. The van der Waals surface area contributed by atoms with Crippen molar-refractivity contribution in [2.75, 3.05) is 14.2 Å². The van der Waals surface area contributed by atoms with Gasteiger partial charge in [0.2, 0.25) is 0 Å². The van der Waals surface area contributed by atoms with E-state index in [0.29, 0.717) is 12.1 Å². The first kappa shape index (κ1) is 15.5. The highest BCUT2D eigenvalue weighted by Gasteiger charge is 2.17. The van der Waals surface area contributed by atoms with Gasteiger partial charge in [0.1, 0.15) is 5.75 Å². The Hall–Kier alpha value is -3.05. The Bertz CT molecular complexity index is 1120. The molecule has 126 valence electrons. The minimum Gasteiger partial charge on any atom is -0.497 e. The van der Waals surface area contributed by atoms with Crippen LogP contribution in [0.5, 0.6) is 5.75 Å². The molecule has 0 radical (unpaired) electrons. The summed E-state index contributed by atoms with van der Waals surface area (Å²) in [5.41, 5.74) is 5.24. The van der Waals surface area contributed by atoms with Gasteiger partial charge in [0, 0.05) is 28.6 Å². The lowest BCUT2D eigenvalue weighted by Gasteiger charge is -2.11. The van der Waals surface area contributed by atoms with Crippen molar-refractivity contribution in [1.82, 2.24) is 15.3 Å². The van der Waals surface area contributed by atoms with Gasteiger partial charge in [-0.25, -0.2) is 0 Å². The molecule has 0 spiro atoms. The standard InChI is InChI=1S/C20H19N3O2/c1-21-11-15-17(12-6-5-7-13(10-12)25-2)19-18(23-20(15)24)14-8-3-4-9-16(14)22-19/h3-10,21-22H,11H2,1-2H3,(H,23,24). The summed E-state index contributed by atoms with van der Waals surface area (Å²) in [5.74, 6) is 0.762. The van der Waals surface area contributed by atoms with Crippen LogP contribution in [0.1, 0.15) is 5.56 Å². The maximum absolute atomic E-state index is 12.8. The molecule has 5 nitrogen and oxygen atoms in total. The predicted molar refractivity (Wildman–Crippen MR) is 101 cm³/mol. The second kappa shape index (κ2) is 6.11. The fourth-order valence-corrected chi connectivity index (χ4v) is 3.36. The lowest BCUT2D eigenvalue weighted by molar-refractivity contribution is 0.415. The number of rotatable bonds is 4. The molecular weight excluding hydrogens is 314 g/mol. The number of H-pyrrole nitrogens is 2. The molecule has 0 saturated carbocycles. The van der Waals surface area contributed by atoms with Gasteiger partial charge in [-0.1, -0.05) is 30.3 Å². The third kappa shape index (κ3) is 2.49. The molecule has 0 bridgehead atoms. The lowest BCUT2D eigenvalue weighted by Crippen LogP contribution is -2.20. The van der Waals surface area contributed by atoms with E-state index in [0.717, 1.165) is 38.8 Å². The summed E-state index contributed by atoms with van der Waals surface area (Å²) >= 11 is 0. The first-order valence-corrected chi connectivity index (χ1v) is 8.17. The van der Waals surface area contributed by atoms with E-state index < -0.39 is 0 Å². The van der Waals surface area contributed by atoms with E-state index in [4.69, 9.17) is 4.74 Å². The van der Waals surface area contributed by atoms with Gasteiger partial charge in [-0.15, -0.1) is 0 Å². The molecule has 4 aromatic rings. The molecule has 2 aromatic heterocycles. The molecule has 0 aliphatic rings. The number of benzene rings is 2. The number of para-hydroxylation sites is 1. The molecule has 4 rings (SSSR count). The number of pyridine rings is 1. The van der Waals surface area contributed by atoms with Crippen molar-refractivity contribution in [3.05, 3.63) is 64.4 Å². The molecule has 0 saturated heterocycles. The number of nitrogens with one attached hydrogen (secondary N) is 3. The zero-order valence-electron chi connectivity index (χ0n) is 14.1. The normalized spacial score (nSPS) is 11.3. The highest BCUT2D eigenvalue weighted by atomic mass is 16.5. The largest absolute Gasteiger partial charge is 0.497 e. The van der Waals surface area contributed by atoms with Crippen LogP contribution in [0.2, 0.25) is 0 Å². The van der Waals surface area contributed by atoms with E-state index in [1.165, 1.54) is 0 Å². The van der Waals surface area contributed by atoms with Crippen molar-refractivity contribution in [3.63, 3.8) is 0 Å². The van der Waals surface area contributed by atoms with E-state index in [1.54, 1.807) is 7.11 Å². The fourth-order valence-electron chi connectivity index (χ4n) is 3.36. The van der Waals surface area contributed by atoms with Crippen LogP contribution in [0.4, 0.5) is 0 Å². The quantitative estimate of drug-likeness (QED) is 0.536. The molecule has 0 unspecified atom stereocenters. The molecule has 2 heterocycles. The Morgan fingerprint density at radius 1 is 1.04 bits per heavy atom. The van der Waals surface area contributed by atoms with Crippen LogP contribution in [-0.2, 0) is 6.54 Å². The zero-order valence-corrected chi connectivity index (χ0v) is 14.1. The first-order chi connectivity index (χ1) is 12.2. The summed E-state index contributed by atoms with van der Waals surface area (Å²) in [4.78, 5) is 19.3. The molecular formula is C20H19N3O2. The van der Waals surface area contributed by atoms with Crippen molar-refractivity contribution >= 4 is 21.9 Å². The fraction of sp³-hybridized carbons (Fsp3) is 0.150. The molecule has 0 aliphatic carbocycles. The Balaban J connectivity index is 2.14. The summed E-state index contributed by atoms with van der Waals surface area (Å²) < 4.78 is 5.37. The first-order valence-electron chi connectivity index (χ1n) is 8.17. The van der Waals surface area contributed by atoms with Gasteiger partial charge < -0.3 is 20.0 Å². The number of methoxy groups -OCH3 is 1. The van der Waals surface area contributed by atoms with E-state index >= 15 is 0 Å². The van der Waals surface area contributed by atoms with Crippen LogP contribution in [-0.4, -0.2) is 24.1 Å². The second-order valence-electron chi connectivity index (χ2n) is 5.99. The van der Waals surface area contributed by atoms with Crippen molar-refractivity contribution in [2.24, 2.45) is 0 Å². The average Bonchev–Trinajstić information content (AvgIpc) is 3.00. The average molecular weight is 333 g/mol. The Morgan fingerprint density at radius 2 is 1.88 bits per heavy atom. The van der Waals surface area contributed by atoms with Crippen LogP contribution in [0.15, 0.2) is 53.3 Å². The lowest BCUT2D eigenvalue weighted by atomic mass is 9.99. The number of fused-ring (bicyclic) bond motifs is 3. The smallest absolute Gasteiger partial charge is 0.253 e. The number of aromatic amines is 2. The van der Waals surface area contributed by atoms with Crippen LogP contribution < -0.4 is 15.6 Å². The van der Waals surface area contributed by atoms with Crippen LogP contribution >= 0.6 is 0 Å². The van der Waals surface area contributed by atoms with Crippen LogP contribution in [0, 0.1) is 0 Å². The van der Waals surface area contributed by atoms with Gasteiger partial charge in [0.15, 0.2) is 0 Å². The molecule has 0 fully saturated rings. The number of aromatic nitrogens is 2. The van der Waals surface area contributed by atoms with Crippen molar-refractivity contribution in [1.29, 1.82) is 0 Å². The van der Waals surface area contributed by atoms with Gasteiger partial charge in [0.05, 0.1) is 18.1 Å².